The molecule has 1 N–H and O–H groups in total. The quantitative estimate of drug-likeness (QED) is 0.591. The van der Waals surface area contributed by atoms with Gasteiger partial charge in [0.25, 0.3) is 0 Å². The highest BCUT2D eigenvalue weighted by atomic mass is 16.2. The maximum absolute atomic E-state index is 12.4. The minimum absolute atomic E-state index is 0.0756. The van der Waals surface area contributed by atoms with Crippen molar-refractivity contribution in [1.82, 2.24) is 10.2 Å². The van der Waals surface area contributed by atoms with Crippen LogP contribution in [0.5, 0.6) is 0 Å². The maximum atomic E-state index is 12.4. The lowest BCUT2D eigenvalue weighted by atomic mass is 9.85. The Kier molecular flexibility index (Phi) is 1.73. The highest BCUT2D eigenvalue weighted by molar-refractivity contribution is 6.22. The van der Waals surface area contributed by atoms with E-state index in [1.165, 1.54) is 4.90 Å². The van der Waals surface area contributed by atoms with Gasteiger partial charge in [-0.2, -0.15) is 5.10 Å². The average Bonchev–Trinajstić information content (AvgIpc) is 3.05. The lowest BCUT2D eigenvalue weighted by Gasteiger charge is -2.14. The van der Waals surface area contributed by atoms with Gasteiger partial charge in [0, 0.05) is 11.8 Å². The number of aromatic amines is 1. The van der Waals surface area contributed by atoms with Gasteiger partial charge in [0.05, 0.1) is 11.8 Å². The summed E-state index contributed by atoms with van der Waals surface area (Å²) in [6, 6.07) is 1.74. The Morgan fingerprint density at radius 2 is 1.83 bits per heavy atom. The lowest BCUT2D eigenvalue weighted by Crippen LogP contribution is -2.33. The zero-order valence-electron chi connectivity index (χ0n) is 9.96. The zero-order valence-corrected chi connectivity index (χ0v) is 9.96. The van der Waals surface area contributed by atoms with Gasteiger partial charge in [-0.05, 0) is 25.2 Å². The van der Waals surface area contributed by atoms with Crippen molar-refractivity contribution in [3.05, 3.63) is 23.9 Å². The summed E-state index contributed by atoms with van der Waals surface area (Å²) in [5, 5.41) is 6.81. The first-order valence-electron chi connectivity index (χ1n) is 6.25. The second-order valence-electron chi connectivity index (χ2n) is 5.42. The van der Waals surface area contributed by atoms with E-state index < -0.39 is 0 Å². The molecule has 0 spiro atoms. The van der Waals surface area contributed by atoms with Crippen LogP contribution in [0.4, 0.5) is 5.82 Å². The fraction of sp³-hybridized carbons (Fsp3) is 0.462. The monoisotopic (exact) mass is 243 g/mol. The summed E-state index contributed by atoms with van der Waals surface area (Å²) in [4.78, 5) is 26.1. The number of fused-ring (bicyclic) bond motifs is 5. The minimum atomic E-state index is -0.149. The molecule has 1 aromatic heterocycles. The number of hydrogen-bond donors (Lipinski definition) is 1. The second-order valence-corrected chi connectivity index (χ2v) is 5.42. The molecule has 4 atom stereocenters. The molecule has 2 aliphatic carbocycles. The number of imide groups is 1. The van der Waals surface area contributed by atoms with Crippen molar-refractivity contribution in [3.8, 4) is 0 Å². The normalized spacial score (nSPS) is 36.8. The predicted octanol–water partition coefficient (Wildman–Crippen LogP) is 1.03. The molecule has 5 nitrogen and oxygen atoms in total. The summed E-state index contributed by atoms with van der Waals surface area (Å²) < 4.78 is 0. The molecule has 2 heterocycles. The van der Waals surface area contributed by atoms with Crippen LogP contribution < -0.4 is 4.90 Å². The van der Waals surface area contributed by atoms with E-state index in [0.717, 1.165) is 12.1 Å². The van der Waals surface area contributed by atoms with Crippen LogP contribution in [0.3, 0.4) is 0 Å². The average molecular weight is 243 g/mol. The van der Waals surface area contributed by atoms with Gasteiger partial charge in [0.2, 0.25) is 11.8 Å². The number of carbonyl (C=O) groups excluding carboxylic acids is 2. The highest BCUT2D eigenvalue weighted by Crippen LogP contribution is 2.52. The van der Waals surface area contributed by atoms with Crippen LogP contribution >= 0.6 is 0 Å². The van der Waals surface area contributed by atoms with Crippen LogP contribution in [0, 0.1) is 30.6 Å². The van der Waals surface area contributed by atoms with Crippen molar-refractivity contribution in [2.45, 2.75) is 13.3 Å². The number of nitrogens with one attached hydrogen (secondary N) is 1. The van der Waals surface area contributed by atoms with E-state index in [2.05, 4.69) is 22.3 Å². The number of aromatic nitrogens is 2. The molecule has 2 bridgehead atoms. The van der Waals surface area contributed by atoms with E-state index in [4.69, 9.17) is 0 Å². The fourth-order valence-electron chi connectivity index (χ4n) is 3.65. The highest BCUT2D eigenvalue weighted by Gasteiger charge is 2.59. The number of anilines is 1. The first kappa shape index (κ1) is 10.1. The molecule has 2 amide bonds. The summed E-state index contributed by atoms with van der Waals surface area (Å²) in [7, 11) is 0. The second kappa shape index (κ2) is 3.10. The molecule has 1 aromatic rings. The fourth-order valence-corrected chi connectivity index (χ4v) is 3.65. The van der Waals surface area contributed by atoms with Gasteiger partial charge in [0.1, 0.15) is 0 Å². The lowest BCUT2D eigenvalue weighted by molar-refractivity contribution is -0.123. The van der Waals surface area contributed by atoms with Gasteiger partial charge < -0.3 is 0 Å². The Morgan fingerprint density at radius 3 is 2.33 bits per heavy atom. The number of allylic oxidation sites excluding steroid dienone is 2. The zero-order chi connectivity index (χ0) is 12.4. The molecule has 5 heteroatoms. The number of rotatable bonds is 1. The van der Waals surface area contributed by atoms with Gasteiger partial charge in [-0.15, -0.1) is 0 Å². The SMILES string of the molecule is Cc1cc(N2C(=O)C3C4C=CC(C4)C3C2=O)n[nH]1. The standard InChI is InChI=1S/C13H13N3O2/c1-6-4-9(15-14-6)16-12(17)10-7-2-3-8(5-7)11(10)13(16)18/h2-4,7-8,10-11H,5H2,1H3,(H,14,15). The summed E-state index contributed by atoms with van der Waals surface area (Å²) >= 11 is 0. The van der Waals surface area contributed by atoms with Crippen molar-refractivity contribution in [1.29, 1.82) is 0 Å². The Hall–Kier alpha value is -1.91. The molecule has 4 unspecified atom stereocenters. The van der Waals surface area contributed by atoms with E-state index in [1.807, 2.05) is 6.92 Å². The van der Waals surface area contributed by atoms with Crippen LogP contribution in [0.15, 0.2) is 18.2 Å². The molecule has 0 aromatic carbocycles. The predicted molar refractivity (Wildman–Crippen MR) is 63.5 cm³/mol. The third-order valence-corrected chi connectivity index (χ3v) is 4.39. The third-order valence-electron chi connectivity index (χ3n) is 4.39. The summed E-state index contributed by atoms with van der Waals surface area (Å²) in [6.45, 7) is 1.85. The summed E-state index contributed by atoms with van der Waals surface area (Å²) in [5.41, 5.74) is 0.851. The van der Waals surface area contributed by atoms with Crippen LogP contribution in [0.2, 0.25) is 0 Å². The molecular formula is C13H13N3O2. The molecule has 1 saturated carbocycles. The third kappa shape index (κ3) is 1.04. The number of amides is 2. The molecule has 1 saturated heterocycles. The van der Waals surface area contributed by atoms with Crippen molar-refractivity contribution in [2.75, 3.05) is 4.90 Å². The molecule has 92 valence electrons. The number of H-pyrrole nitrogens is 1. The first-order chi connectivity index (χ1) is 8.66. The number of hydrogen-bond acceptors (Lipinski definition) is 3. The molecule has 0 radical (unpaired) electrons. The van der Waals surface area contributed by atoms with E-state index in [0.29, 0.717) is 5.82 Å². The van der Waals surface area contributed by atoms with Crippen molar-refractivity contribution in [2.24, 2.45) is 23.7 Å². The molecule has 4 rings (SSSR count). The van der Waals surface area contributed by atoms with Gasteiger partial charge in [-0.1, -0.05) is 12.2 Å². The van der Waals surface area contributed by atoms with Crippen LogP contribution in [0.1, 0.15) is 12.1 Å². The Morgan fingerprint density at radius 1 is 1.22 bits per heavy atom. The van der Waals surface area contributed by atoms with E-state index in [1.54, 1.807) is 6.07 Å². The van der Waals surface area contributed by atoms with Crippen molar-refractivity contribution < 1.29 is 9.59 Å². The topological polar surface area (TPSA) is 66.1 Å². The van der Waals surface area contributed by atoms with E-state index >= 15 is 0 Å². The largest absolute Gasteiger partial charge is 0.281 e. The molecule has 3 aliphatic rings. The van der Waals surface area contributed by atoms with E-state index in [9.17, 15) is 9.59 Å². The van der Waals surface area contributed by atoms with Crippen LogP contribution in [-0.2, 0) is 9.59 Å². The summed E-state index contributed by atoms with van der Waals surface area (Å²) in [5.74, 6) is 0.495. The van der Waals surface area contributed by atoms with Gasteiger partial charge in [-0.25, -0.2) is 4.90 Å². The Balaban J connectivity index is 1.76. The Labute approximate surface area is 104 Å². The molecule has 1 aliphatic heterocycles. The van der Waals surface area contributed by atoms with Crippen LogP contribution in [0.25, 0.3) is 0 Å². The van der Waals surface area contributed by atoms with Crippen LogP contribution in [-0.4, -0.2) is 22.0 Å². The molecule has 18 heavy (non-hydrogen) atoms. The summed E-state index contributed by atoms with van der Waals surface area (Å²) in [6.07, 6.45) is 5.15. The Bertz CT molecular complexity index is 559. The van der Waals surface area contributed by atoms with Gasteiger partial charge in [-0.3, -0.25) is 14.7 Å². The van der Waals surface area contributed by atoms with Gasteiger partial charge in [0.15, 0.2) is 5.82 Å². The van der Waals surface area contributed by atoms with E-state index in [-0.39, 0.29) is 35.5 Å². The number of nitrogens with zero attached hydrogens (tertiary/aromatic N) is 2. The number of carbonyl (C=O) groups is 2. The molecular weight excluding hydrogens is 230 g/mol. The smallest absolute Gasteiger partial charge is 0.239 e. The van der Waals surface area contributed by atoms with Crippen molar-refractivity contribution in [3.63, 3.8) is 0 Å². The minimum Gasteiger partial charge on any atom is -0.281 e. The number of aryl methyl sites for hydroxylation is 1. The molecule has 2 fully saturated rings. The first-order valence-corrected chi connectivity index (χ1v) is 6.25. The maximum Gasteiger partial charge on any atom is 0.239 e. The van der Waals surface area contributed by atoms with Crippen molar-refractivity contribution >= 4 is 17.6 Å². The van der Waals surface area contributed by atoms with Gasteiger partial charge >= 0.3 is 0 Å².